The number of hydrogen-bond acceptors (Lipinski definition) is 4. The molecule has 0 saturated heterocycles. The molecule has 0 spiro atoms. The Labute approximate surface area is 90.9 Å². The van der Waals surface area contributed by atoms with Crippen LogP contribution in [-0.4, -0.2) is 35.3 Å². The molecule has 0 bridgehead atoms. The van der Waals surface area contributed by atoms with Crippen molar-refractivity contribution in [2.45, 2.75) is 38.8 Å². The molecular weight excluding hydrogens is 196 g/mol. The molecule has 0 aromatic carbocycles. The first-order chi connectivity index (χ1) is 6.70. The van der Waals surface area contributed by atoms with Gasteiger partial charge < -0.3 is 5.11 Å². The van der Waals surface area contributed by atoms with E-state index in [4.69, 9.17) is 10.4 Å². The number of thioether (sulfide) groups is 1. The predicted octanol–water partition coefficient (Wildman–Crippen LogP) is 1.38. The molecule has 14 heavy (non-hydrogen) atoms. The molecule has 0 fully saturated rings. The minimum Gasteiger partial charge on any atom is -0.396 e. The van der Waals surface area contributed by atoms with Gasteiger partial charge in [0.05, 0.1) is 12.1 Å². The molecule has 0 aliphatic carbocycles. The monoisotopic (exact) mass is 216 g/mol. The van der Waals surface area contributed by atoms with Crippen LogP contribution in [0.25, 0.3) is 0 Å². The second-order valence-corrected chi connectivity index (χ2v) is 4.71. The average molecular weight is 216 g/mol. The van der Waals surface area contributed by atoms with E-state index in [9.17, 15) is 0 Å². The molecule has 0 aliphatic rings. The van der Waals surface area contributed by atoms with Gasteiger partial charge in [0.2, 0.25) is 0 Å². The van der Waals surface area contributed by atoms with Crippen LogP contribution in [0.15, 0.2) is 0 Å². The van der Waals surface area contributed by atoms with E-state index in [1.165, 1.54) is 0 Å². The minimum atomic E-state index is -0.0309. The highest BCUT2D eigenvalue weighted by Crippen LogP contribution is 2.06. The summed E-state index contributed by atoms with van der Waals surface area (Å²) in [5.74, 6) is 1.97. The summed E-state index contributed by atoms with van der Waals surface area (Å²) < 4.78 is 0. The van der Waals surface area contributed by atoms with Crippen LogP contribution in [0.2, 0.25) is 0 Å². The fraction of sp³-hybridized carbons (Fsp3) is 0.900. The molecule has 3 nitrogen and oxygen atoms in total. The fourth-order valence-corrected chi connectivity index (χ4v) is 2.00. The first-order valence-corrected chi connectivity index (χ1v) is 6.20. The first-order valence-electron chi connectivity index (χ1n) is 5.05. The van der Waals surface area contributed by atoms with Crippen molar-refractivity contribution in [3.63, 3.8) is 0 Å². The van der Waals surface area contributed by atoms with Crippen molar-refractivity contribution in [3.05, 3.63) is 0 Å². The van der Waals surface area contributed by atoms with Crippen LogP contribution < -0.4 is 5.32 Å². The summed E-state index contributed by atoms with van der Waals surface area (Å²) in [5.41, 5.74) is 0. The van der Waals surface area contributed by atoms with Crippen molar-refractivity contribution in [1.82, 2.24) is 5.32 Å². The number of nitrogens with one attached hydrogen (secondary N) is 1. The van der Waals surface area contributed by atoms with Crippen LogP contribution in [-0.2, 0) is 0 Å². The molecular formula is C10H20N2OS. The first kappa shape index (κ1) is 13.8. The van der Waals surface area contributed by atoms with Gasteiger partial charge >= 0.3 is 0 Å². The molecule has 0 aromatic rings. The van der Waals surface area contributed by atoms with E-state index in [1.54, 1.807) is 11.8 Å². The fourth-order valence-electron chi connectivity index (χ4n) is 1.06. The zero-order valence-electron chi connectivity index (χ0n) is 8.99. The lowest BCUT2D eigenvalue weighted by atomic mass is 10.2. The second kappa shape index (κ2) is 9.32. The maximum atomic E-state index is 8.82. The van der Waals surface area contributed by atoms with Gasteiger partial charge in [-0.05, 0) is 38.2 Å². The summed E-state index contributed by atoms with van der Waals surface area (Å²) in [5, 5.41) is 20.6. The maximum Gasteiger partial charge on any atom is 0.0962 e. The molecule has 1 unspecified atom stereocenters. The quantitative estimate of drug-likeness (QED) is 0.602. The Morgan fingerprint density at radius 2 is 2.14 bits per heavy atom. The van der Waals surface area contributed by atoms with E-state index < -0.39 is 0 Å². The molecule has 0 heterocycles. The van der Waals surface area contributed by atoms with Crippen molar-refractivity contribution in [2.24, 2.45) is 0 Å². The Bertz CT molecular complexity index is 168. The molecule has 4 heteroatoms. The number of nitrogens with zero attached hydrogens (tertiary/aromatic N) is 1. The molecule has 0 amide bonds. The largest absolute Gasteiger partial charge is 0.396 e. The van der Waals surface area contributed by atoms with Crippen LogP contribution in [0.4, 0.5) is 0 Å². The van der Waals surface area contributed by atoms with Crippen LogP contribution in [0.3, 0.4) is 0 Å². The number of aliphatic hydroxyl groups excluding tert-OH is 1. The van der Waals surface area contributed by atoms with E-state index in [1.807, 2.05) is 13.8 Å². The normalized spacial score (nSPS) is 12.8. The van der Waals surface area contributed by atoms with Crippen LogP contribution >= 0.6 is 11.8 Å². The smallest absolute Gasteiger partial charge is 0.0962 e. The van der Waals surface area contributed by atoms with Crippen molar-refractivity contribution in [1.29, 1.82) is 5.26 Å². The number of aliphatic hydroxyl groups is 1. The highest BCUT2D eigenvalue weighted by molar-refractivity contribution is 7.99. The van der Waals surface area contributed by atoms with E-state index in [0.717, 1.165) is 24.3 Å². The van der Waals surface area contributed by atoms with Crippen LogP contribution in [0.1, 0.15) is 26.7 Å². The molecule has 1 atom stereocenters. The van der Waals surface area contributed by atoms with Gasteiger partial charge in [-0.25, -0.2) is 0 Å². The molecule has 0 saturated carbocycles. The van der Waals surface area contributed by atoms with E-state index in [-0.39, 0.29) is 12.6 Å². The van der Waals surface area contributed by atoms with Crippen LogP contribution in [0, 0.1) is 11.3 Å². The lowest BCUT2D eigenvalue weighted by Gasteiger charge is -2.13. The average Bonchev–Trinajstić information content (AvgIpc) is 2.15. The Hall–Kier alpha value is -0.240. The number of rotatable bonds is 8. The highest BCUT2D eigenvalue weighted by atomic mass is 32.2. The lowest BCUT2D eigenvalue weighted by Crippen LogP contribution is -2.33. The minimum absolute atomic E-state index is 0.0309. The summed E-state index contributed by atoms with van der Waals surface area (Å²) in [6.07, 6.45) is 1.73. The van der Waals surface area contributed by atoms with Gasteiger partial charge in [0.25, 0.3) is 0 Å². The van der Waals surface area contributed by atoms with Gasteiger partial charge in [0, 0.05) is 12.6 Å². The Morgan fingerprint density at radius 1 is 1.43 bits per heavy atom. The van der Waals surface area contributed by atoms with E-state index >= 15 is 0 Å². The number of hydrogen-bond donors (Lipinski definition) is 2. The van der Waals surface area contributed by atoms with Gasteiger partial charge in [-0.1, -0.05) is 0 Å². The molecule has 0 aliphatic heterocycles. The third kappa shape index (κ3) is 8.36. The standard InChI is InChI=1S/C10H20N2OS/c1-9(2)12-10(8-11)4-7-14-6-3-5-13/h9-10,12-13H,3-7H2,1-2H3. The van der Waals surface area contributed by atoms with Crippen molar-refractivity contribution in [2.75, 3.05) is 18.1 Å². The third-order valence-electron chi connectivity index (χ3n) is 1.69. The summed E-state index contributed by atoms with van der Waals surface area (Å²) in [6.45, 7) is 4.35. The molecule has 0 aromatic heterocycles. The van der Waals surface area contributed by atoms with Gasteiger partial charge in [0.1, 0.15) is 0 Å². The van der Waals surface area contributed by atoms with Gasteiger partial charge in [-0.2, -0.15) is 17.0 Å². The molecule has 82 valence electrons. The topological polar surface area (TPSA) is 56.0 Å². The maximum absolute atomic E-state index is 8.82. The zero-order valence-corrected chi connectivity index (χ0v) is 9.81. The molecule has 0 rings (SSSR count). The van der Waals surface area contributed by atoms with E-state index in [0.29, 0.717) is 6.04 Å². The summed E-state index contributed by atoms with van der Waals surface area (Å²) in [6, 6.07) is 2.58. The van der Waals surface area contributed by atoms with Gasteiger partial charge in [-0.15, -0.1) is 0 Å². The summed E-state index contributed by atoms with van der Waals surface area (Å²) >= 11 is 1.80. The van der Waals surface area contributed by atoms with Gasteiger partial charge in [-0.3, -0.25) is 5.32 Å². The Morgan fingerprint density at radius 3 is 2.64 bits per heavy atom. The van der Waals surface area contributed by atoms with Crippen molar-refractivity contribution in [3.8, 4) is 6.07 Å². The zero-order chi connectivity index (χ0) is 10.8. The lowest BCUT2D eigenvalue weighted by molar-refractivity contribution is 0.296. The second-order valence-electron chi connectivity index (χ2n) is 3.48. The molecule has 2 N–H and O–H groups in total. The highest BCUT2D eigenvalue weighted by Gasteiger charge is 2.07. The summed E-state index contributed by atoms with van der Waals surface area (Å²) in [4.78, 5) is 0. The van der Waals surface area contributed by atoms with Crippen molar-refractivity contribution < 1.29 is 5.11 Å². The summed E-state index contributed by atoms with van der Waals surface area (Å²) in [7, 11) is 0. The Balaban J connectivity index is 3.40. The SMILES string of the molecule is CC(C)NC(C#N)CCSCCCO. The van der Waals surface area contributed by atoms with Crippen molar-refractivity contribution >= 4 is 11.8 Å². The Kier molecular flexibility index (Phi) is 9.16. The third-order valence-corrected chi connectivity index (χ3v) is 2.79. The predicted molar refractivity (Wildman–Crippen MR) is 61.3 cm³/mol. The molecule has 0 radical (unpaired) electrons. The van der Waals surface area contributed by atoms with E-state index in [2.05, 4.69) is 11.4 Å². The van der Waals surface area contributed by atoms with Crippen LogP contribution in [0.5, 0.6) is 0 Å². The van der Waals surface area contributed by atoms with Gasteiger partial charge in [0.15, 0.2) is 0 Å². The number of nitriles is 1.